The maximum Gasteiger partial charge on any atom is 0.267 e. The first-order chi connectivity index (χ1) is 11.2. The Morgan fingerprint density at radius 3 is 2.70 bits per heavy atom. The molecular weight excluding hydrogens is 290 g/mol. The number of para-hydroxylation sites is 1. The minimum absolute atomic E-state index is 0.0857. The fourth-order valence-electron chi connectivity index (χ4n) is 3.30. The molecule has 2 aromatic rings. The fraction of sp³-hybridized carbons (Fsp3) is 0.211. The Bertz CT molecular complexity index is 821. The molecule has 4 heteroatoms. The summed E-state index contributed by atoms with van der Waals surface area (Å²) in [6, 6.07) is 15.3. The van der Waals surface area contributed by atoms with E-state index < -0.39 is 5.60 Å². The van der Waals surface area contributed by atoms with Crippen molar-refractivity contribution in [2.24, 2.45) is 0 Å². The molecule has 0 bridgehead atoms. The second-order valence-corrected chi connectivity index (χ2v) is 5.62. The van der Waals surface area contributed by atoms with Crippen molar-refractivity contribution in [3.05, 3.63) is 59.7 Å². The molecule has 23 heavy (non-hydrogen) atoms. The van der Waals surface area contributed by atoms with Crippen LogP contribution in [0.15, 0.2) is 48.5 Å². The maximum atomic E-state index is 12.9. The predicted molar refractivity (Wildman–Crippen MR) is 86.1 cm³/mol. The number of terminal acetylenes is 1. The van der Waals surface area contributed by atoms with Gasteiger partial charge in [-0.2, -0.15) is 0 Å². The van der Waals surface area contributed by atoms with Gasteiger partial charge in [0.25, 0.3) is 5.91 Å². The van der Waals surface area contributed by atoms with E-state index >= 15 is 0 Å². The second-order valence-electron chi connectivity index (χ2n) is 5.62. The van der Waals surface area contributed by atoms with Gasteiger partial charge in [0, 0.05) is 5.56 Å². The minimum atomic E-state index is -0.929. The van der Waals surface area contributed by atoms with Crippen LogP contribution >= 0.6 is 0 Å². The third-order valence-electron chi connectivity index (χ3n) is 4.44. The Kier molecular flexibility index (Phi) is 2.93. The molecule has 0 aromatic heterocycles. The normalized spacial score (nSPS) is 24.4. The van der Waals surface area contributed by atoms with E-state index in [0.717, 1.165) is 22.6 Å². The second kappa shape index (κ2) is 4.87. The molecular formula is C19H15NO3. The number of hydrogen-bond donors (Lipinski definition) is 0. The molecule has 0 unspecified atom stereocenters. The highest BCUT2D eigenvalue weighted by Gasteiger charge is 2.69. The van der Waals surface area contributed by atoms with Crippen molar-refractivity contribution < 1.29 is 14.3 Å². The summed E-state index contributed by atoms with van der Waals surface area (Å²) in [4.78, 5) is 14.5. The molecule has 0 radical (unpaired) electrons. The van der Waals surface area contributed by atoms with Crippen LogP contribution in [0.4, 0.5) is 5.69 Å². The molecule has 2 aliphatic heterocycles. The molecule has 114 valence electrons. The van der Waals surface area contributed by atoms with Gasteiger partial charge in [0.05, 0.1) is 19.3 Å². The molecule has 2 heterocycles. The van der Waals surface area contributed by atoms with Crippen molar-refractivity contribution in [2.45, 2.75) is 11.7 Å². The number of hydrogen-bond acceptors (Lipinski definition) is 3. The monoisotopic (exact) mass is 305 g/mol. The lowest BCUT2D eigenvalue weighted by Gasteiger charge is -2.13. The van der Waals surface area contributed by atoms with Crippen molar-refractivity contribution in [1.82, 2.24) is 0 Å². The van der Waals surface area contributed by atoms with Crippen LogP contribution in [0.25, 0.3) is 0 Å². The lowest BCUT2D eigenvalue weighted by molar-refractivity contribution is -0.122. The van der Waals surface area contributed by atoms with Gasteiger partial charge in [-0.25, -0.2) is 0 Å². The number of carbonyl (C=O) groups is 1. The molecule has 2 atom stereocenters. The van der Waals surface area contributed by atoms with Gasteiger partial charge in [0.1, 0.15) is 11.9 Å². The molecule has 1 amide bonds. The van der Waals surface area contributed by atoms with E-state index in [1.807, 2.05) is 48.5 Å². The number of carbonyl (C=O) groups excluding carboxylic acids is 1. The first-order valence-corrected chi connectivity index (χ1v) is 7.39. The summed E-state index contributed by atoms with van der Waals surface area (Å²) in [6.07, 6.45) is 5.13. The number of amides is 1. The number of epoxide rings is 1. The number of anilines is 1. The summed E-state index contributed by atoms with van der Waals surface area (Å²) in [7, 11) is 1.62. The van der Waals surface area contributed by atoms with Crippen LogP contribution in [0.5, 0.6) is 5.75 Å². The van der Waals surface area contributed by atoms with E-state index in [2.05, 4.69) is 5.92 Å². The Hall–Kier alpha value is -2.77. The highest BCUT2D eigenvalue weighted by Crippen LogP contribution is 2.63. The van der Waals surface area contributed by atoms with E-state index in [-0.39, 0.29) is 18.6 Å². The van der Waals surface area contributed by atoms with Crippen LogP contribution in [0, 0.1) is 12.3 Å². The van der Waals surface area contributed by atoms with E-state index in [9.17, 15) is 4.79 Å². The predicted octanol–water partition coefficient (Wildman–Crippen LogP) is 2.64. The maximum absolute atomic E-state index is 12.9. The van der Waals surface area contributed by atoms with Crippen molar-refractivity contribution in [3.8, 4) is 18.1 Å². The highest BCUT2D eigenvalue weighted by molar-refractivity contribution is 6.09. The largest absolute Gasteiger partial charge is 0.497 e. The van der Waals surface area contributed by atoms with Gasteiger partial charge < -0.3 is 9.47 Å². The topological polar surface area (TPSA) is 42.1 Å². The molecule has 0 aliphatic carbocycles. The van der Waals surface area contributed by atoms with Gasteiger partial charge in [0.2, 0.25) is 5.60 Å². The Labute approximate surface area is 134 Å². The number of ether oxygens (including phenoxy) is 2. The van der Waals surface area contributed by atoms with Gasteiger partial charge >= 0.3 is 0 Å². The van der Waals surface area contributed by atoms with Gasteiger partial charge in [0.15, 0.2) is 0 Å². The fourth-order valence-corrected chi connectivity index (χ4v) is 3.30. The zero-order chi connectivity index (χ0) is 16.0. The van der Waals surface area contributed by atoms with Crippen LogP contribution in [0.2, 0.25) is 0 Å². The van der Waals surface area contributed by atoms with E-state index in [4.69, 9.17) is 15.9 Å². The molecule has 1 saturated heterocycles. The summed E-state index contributed by atoms with van der Waals surface area (Å²) in [6.45, 7) is 0.246. The number of methoxy groups -OCH3 is 1. The van der Waals surface area contributed by atoms with Crippen LogP contribution in [0.3, 0.4) is 0 Å². The number of benzene rings is 2. The summed E-state index contributed by atoms with van der Waals surface area (Å²) in [5.74, 6) is 3.24. The summed E-state index contributed by atoms with van der Waals surface area (Å²) >= 11 is 0. The zero-order valence-electron chi connectivity index (χ0n) is 12.7. The molecule has 4 rings (SSSR count). The lowest BCUT2D eigenvalue weighted by Crippen LogP contribution is -2.33. The van der Waals surface area contributed by atoms with Gasteiger partial charge in [-0.05, 0) is 23.8 Å². The summed E-state index contributed by atoms with van der Waals surface area (Å²) < 4.78 is 11.1. The van der Waals surface area contributed by atoms with Crippen LogP contribution < -0.4 is 9.64 Å². The Balaban J connectivity index is 1.75. The molecule has 2 aliphatic rings. The summed E-state index contributed by atoms with van der Waals surface area (Å²) in [5, 5.41) is 0. The van der Waals surface area contributed by atoms with Gasteiger partial charge in [-0.1, -0.05) is 36.3 Å². The first kappa shape index (κ1) is 13.9. The Morgan fingerprint density at radius 2 is 2.00 bits per heavy atom. The molecule has 1 fully saturated rings. The van der Waals surface area contributed by atoms with Crippen molar-refractivity contribution in [3.63, 3.8) is 0 Å². The highest BCUT2D eigenvalue weighted by atomic mass is 16.6. The lowest BCUT2D eigenvalue weighted by atomic mass is 9.93. The van der Waals surface area contributed by atoms with Gasteiger partial charge in [-0.3, -0.25) is 9.69 Å². The van der Waals surface area contributed by atoms with E-state index in [1.54, 1.807) is 12.0 Å². The SMILES string of the molecule is C#CCN1C(=O)[C@]2(O[C@H]2c2ccc(OC)cc2)c2ccccc21. The number of nitrogens with zero attached hydrogens (tertiary/aromatic N) is 1. The standard InChI is InChI=1S/C19H15NO3/c1-3-12-20-16-7-5-4-6-15(16)19(18(20)21)17(23-19)13-8-10-14(22-2)11-9-13/h1,4-11,17H,12H2,2H3/t17-,19-/m0/s1. The van der Waals surface area contributed by atoms with Crippen LogP contribution in [0.1, 0.15) is 17.2 Å². The van der Waals surface area contributed by atoms with Gasteiger partial charge in [-0.15, -0.1) is 6.42 Å². The minimum Gasteiger partial charge on any atom is -0.497 e. The van der Waals surface area contributed by atoms with Crippen LogP contribution in [-0.2, 0) is 15.1 Å². The van der Waals surface area contributed by atoms with E-state index in [1.165, 1.54) is 0 Å². The van der Waals surface area contributed by atoms with Crippen molar-refractivity contribution in [2.75, 3.05) is 18.6 Å². The smallest absolute Gasteiger partial charge is 0.267 e. The Morgan fingerprint density at radius 1 is 1.26 bits per heavy atom. The average Bonchev–Trinajstić information content (AvgIpc) is 3.31. The van der Waals surface area contributed by atoms with E-state index in [0.29, 0.717) is 0 Å². The van der Waals surface area contributed by atoms with Crippen LogP contribution in [-0.4, -0.2) is 19.6 Å². The molecule has 0 N–H and O–H groups in total. The molecule has 1 spiro atoms. The van der Waals surface area contributed by atoms with Crippen molar-refractivity contribution in [1.29, 1.82) is 0 Å². The molecule has 0 saturated carbocycles. The van der Waals surface area contributed by atoms with Crippen molar-refractivity contribution >= 4 is 11.6 Å². The third kappa shape index (κ3) is 1.81. The number of fused-ring (bicyclic) bond motifs is 2. The zero-order valence-corrected chi connectivity index (χ0v) is 12.7. The quantitative estimate of drug-likeness (QED) is 0.647. The number of rotatable bonds is 3. The molecule has 2 aromatic carbocycles. The molecule has 4 nitrogen and oxygen atoms in total. The average molecular weight is 305 g/mol. The first-order valence-electron chi connectivity index (χ1n) is 7.39. The third-order valence-corrected chi connectivity index (χ3v) is 4.44. The summed E-state index contributed by atoms with van der Waals surface area (Å²) in [5.41, 5.74) is 1.76.